The molecular formula is C21H27NO3S. The van der Waals surface area contributed by atoms with Crippen LogP contribution in [0.4, 0.5) is 0 Å². The minimum Gasteiger partial charge on any atom is -0.493 e. The summed E-state index contributed by atoms with van der Waals surface area (Å²) >= 11 is 1.77. The van der Waals surface area contributed by atoms with Crippen LogP contribution in [0.3, 0.4) is 0 Å². The van der Waals surface area contributed by atoms with E-state index in [-0.39, 0.29) is 12.0 Å². The zero-order valence-corrected chi connectivity index (χ0v) is 16.5. The zero-order chi connectivity index (χ0) is 18.8. The molecule has 0 spiro atoms. The predicted molar refractivity (Wildman–Crippen MR) is 108 cm³/mol. The summed E-state index contributed by atoms with van der Waals surface area (Å²) in [5, 5.41) is 2.96. The SMILES string of the molecule is COc1cc(CNC(=O)CCSCc2ccccc2)ccc1OC(C)C. The third-order valence-corrected chi connectivity index (χ3v) is 4.70. The molecule has 1 amide bonds. The van der Waals surface area contributed by atoms with Gasteiger partial charge in [0.05, 0.1) is 13.2 Å². The van der Waals surface area contributed by atoms with E-state index in [4.69, 9.17) is 9.47 Å². The van der Waals surface area contributed by atoms with Crippen LogP contribution in [-0.4, -0.2) is 24.9 Å². The van der Waals surface area contributed by atoms with Gasteiger partial charge in [0, 0.05) is 24.5 Å². The van der Waals surface area contributed by atoms with Crippen molar-refractivity contribution in [1.29, 1.82) is 0 Å². The van der Waals surface area contributed by atoms with Crippen molar-refractivity contribution < 1.29 is 14.3 Å². The number of methoxy groups -OCH3 is 1. The van der Waals surface area contributed by atoms with E-state index in [2.05, 4.69) is 17.4 Å². The fraction of sp³-hybridized carbons (Fsp3) is 0.381. The van der Waals surface area contributed by atoms with Crippen molar-refractivity contribution in [2.45, 2.75) is 38.7 Å². The highest BCUT2D eigenvalue weighted by atomic mass is 32.2. The van der Waals surface area contributed by atoms with Crippen LogP contribution >= 0.6 is 11.8 Å². The molecule has 0 aromatic heterocycles. The van der Waals surface area contributed by atoms with Gasteiger partial charge in [-0.15, -0.1) is 0 Å². The number of thioether (sulfide) groups is 1. The van der Waals surface area contributed by atoms with Crippen LogP contribution in [0.25, 0.3) is 0 Å². The number of nitrogens with one attached hydrogen (secondary N) is 1. The molecule has 0 unspecified atom stereocenters. The first-order valence-electron chi connectivity index (χ1n) is 8.80. The average Bonchev–Trinajstić information content (AvgIpc) is 2.65. The molecule has 2 aromatic carbocycles. The van der Waals surface area contributed by atoms with E-state index in [1.807, 2.05) is 50.2 Å². The maximum Gasteiger partial charge on any atom is 0.221 e. The molecule has 0 fully saturated rings. The Labute approximate surface area is 160 Å². The highest BCUT2D eigenvalue weighted by Crippen LogP contribution is 2.28. The molecule has 2 aromatic rings. The number of ether oxygens (including phenoxy) is 2. The third-order valence-electron chi connectivity index (χ3n) is 3.67. The lowest BCUT2D eigenvalue weighted by molar-refractivity contribution is -0.120. The molecule has 0 heterocycles. The molecule has 0 aliphatic rings. The molecule has 0 saturated carbocycles. The molecule has 0 atom stereocenters. The van der Waals surface area contributed by atoms with Gasteiger partial charge >= 0.3 is 0 Å². The Morgan fingerprint density at radius 1 is 1.08 bits per heavy atom. The highest BCUT2D eigenvalue weighted by molar-refractivity contribution is 7.98. The summed E-state index contributed by atoms with van der Waals surface area (Å²) in [6, 6.07) is 16.0. The van der Waals surface area contributed by atoms with Crippen molar-refractivity contribution in [3.8, 4) is 11.5 Å². The van der Waals surface area contributed by atoms with E-state index in [1.54, 1.807) is 18.9 Å². The Balaban J connectivity index is 1.73. The van der Waals surface area contributed by atoms with Gasteiger partial charge < -0.3 is 14.8 Å². The third kappa shape index (κ3) is 7.00. The monoisotopic (exact) mass is 373 g/mol. The number of hydrogen-bond acceptors (Lipinski definition) is 4. The van der Waals surface area contributed by atoms with Gasteiger partial charge in [-0.3, -0.25) is 4.79 Å². The molecule has 0 aliphatic heterocycles. The summed E-state index contributed by atoms with van der Waals surface area (Å²) in [6.45, 7) is 4.44. The van der Waals surface area contributed by atoms with Gasteiger partial charge in [-0.05, 0) is 37.1 Å². The van der Waals surface area contributed by atoms with E-state index < -0.39 is 0 Å². The predicted octanol–water partition coefficient (Wildman–Crippen LogP) is 4.42. The van der Waals surface area contributed by atoms with Crippen LogP contribution in [-0.2, 0) is 17.1 Å². The molecule has 0 bridgehead atoms. The Morgan fingerprint density at radius 3 is 2.54 bits per heavy atom. The number of hydrogen-bond donors (Lipinski definition) is 1. The van der Waals surface area contributed by atoms with E-state index >= 15 is 0 Å². The topological polar surface area (TPSA) is 47.6 Å². The maximum atomic E-state index is 12.0. The molecule has 2 rings (SSSR count). The number of rotatable bonds is 10. The van der Waals surface area contributed by atoms with Gasteiger partial charge in [0.2, 0.25) is 5.91 Å². The lowest BCUT2D eigenvalue weighted by Crippen LogP contribution is -2.23. The normalized spacial score (nSPS) is 10.6. The second-order valence-electron chi connectivity index (χ2n) is 6.22. The molecule has 26 heavy (non-hydrogen) atoms. The van der Waals surface area contributed by atoms with Crippen molar-refractivity contribution in [3.05, 3.63) is 59.7 Å². The van der Waals surface area contributed by atoms with Crippen molar-refractivity contribution >= 4 is 17.7 Å². The molecule has 5 heteroatoms. The first kappa shape index (κ1) is 20.2. The van der Waals surface area contributed by atoms with Crippen molar-refractivity contribution in [3.63, 3.8) is 0 Å². The number of carbonyl (C=O) groups is 1. The van der Waals surface area contributed by atoms with Crippen LogP contribution in [0.15, 0.2) is 48.5 Å². The van der Waals surface area contributed by atoms with Crippen LogP contribution < -0.4 is 14.8 Å². The summed E-state index contributed by atoms with van der Waals surface area (Å²) in [6.07, 6.45) is 0.603. The first-order valence-corrected chi connectivity index (χ1v) is 9.96. The fourth-order valence-electron chi connectivity index (χ4n) is 2.39. The molecule has 140 valence electrons. The van der Waals surface area contributed by atoms with Gasteiger partial charge in [0.25, 0.3) is 0 Å². The standard InChI is InChI=1S/C21H27NO3S/c1-16(2)25-19-10-9-18(13-20(19)24-3)14-22-21(23)11-12-26-15-17-7-5-4-6-8-17/h4-10,13,16H,11-12,14-15H2,1-3H3,(H,22,23). The molecule has 0 aliphatic carbocycles. The van der Waals surface area contributed by atoms with Crippen molar-refractivity contribution in [1.82, 2.24) is 5.32 Å². The lowest BCUT2D eigenvalue weighted by Gasteiger charge is -2.14. The minimum atomic E-state index is 0.0621. The Kier molecular flexibility index (Phi) is 8.35. The van der Waals surface area contributed by atoms with E-state index in [0.29, 0.717) is 18.7 Å². The van der Waals surface area contributed by atoms with E-state index in [9.17, 15) is 4.79 Å². The molecule has 0 radical (unpaired) electrons. The van der Waals surface area contributed by atoms with Gasteiger partial charge in [0.15, 0.2) is 11.5 Å². The molecule has 1 N–H and O–H groups in total. The Morgan fingerprint density at radius 2 is 1.85 bits per heavy atom. The lowest BCUT2D eigenvalue weighted by atomic mass is 10.2. The molecular weight excluding hydrogens is 346 g/mol. The first-order chi connectivity index (χ1) is 12.6. The van der Waals surface area contributed by atoms with Crippen LogP contribution in [0.2, 0.25) is 0 Å². The summed E-state index contributed by atoms with van der Waals surface area (Å²) < 4.78 is 11.1. The zero-order valence-electron chi connectivity index (χ0n) is 15.7. The minimum absolute atomic E-state index is 0.0621. The summed E-state index contributed by atoms with van der Waals surface area (Å²) in [5.74, 6) is 3.21. The van der Waals surface area contributed by atoms with Crippen molar-refractivity contribution in [2.75, 3.05) is 12.9 Å². The summed E-state index contributed by atoms with van der Waals surface area (Å²) in [7, 11) is 1.62. The fourth-order valence-corrected chi connectivity index (χ4v) is 3.29. The van der Waals surface area contributed by atoms with E-state index in [1.165, 1.54) is 5.56 Å². The van der Waals surface area contributed by atoms with Gasteiger partial charge in [-0.25, -0.2) is 0 Å². The quantitative estimate of drug-likeness (QED) is 0.626. The summed E-state index contributed by atoms with van der Waals surface area (Å²) in [4.78, 5) is 12.0. The van der Waals surface area contributed by atoms with Crippen molar-refractivity contribution in [2.24, 2.45) is 0 Å². The van der Waals surface area contributed by atoms with Gasteiger partial charge in [-0.1, -0.05) is 36.4 Å². The van der Waals surface area contributed by atoms with Gasteiger partial charge in [0.1, 0.15) is 0 Å². The van der Waals surface area contributed by atoms with E-state index in [0.717, 1.165) is 22.8 Å². The number of amides is 1. The number of benzene rings is 2. The Hall–Kier alpha value is -2.14. The molecule has 4 nitrogen and oxygen atoms in total. The highest BCUT2D eigenvalue weighted by Gasteiger charge is 2.08. The number of carbonyl (C=O) groups excluding carboxylic acids is 1. The van der Waals surface area contributed by atoms with Gasteiger partial charge in [-0.2, -0.15) is 11.8 Å². The maximum absolute atomic E-state index is 12.0. The molecule has 0 saturated heterocycles. The average molecular weight is 374 g/mol. The van der Waals surface area contributed by atoms with Crippen LogP contribution in [0, 0.1) is 0 Å². The second kappa shape index (κ2) is 10.8. The van der Waals surface area contributed by atoms with Crippen LogP contribution in [0.5, 0.6) is 11.5 Å². The second-order valence-corrected chi connectivity index (χ2v) is 7.32. The smallest absolute Gasteiger partial charge is 0.221 e. The Bertz CT molecular complexity index is 689. The largest absolute Gasteiger partial charge is 0.493 e. The van der Waals surface area contributed by atoms with Crippen LogP contribution in [0.1, 0.15) is 31.4 Å². The summed E-state index contributed by atoms with van der Waals surface area (Å²) in [5.41, 5.74) is 2.27.